The molecule has 15 heavy (non-hydrogen) atoms. The van der Waals surface area contributed by atoms with Crippen LogP contribution in [0.4, 0.5) is 0 Å². The first kappa shape index (κ1) is 14.9. The molecule has 0 saturated heterocycles. The zero-order chi connectivity index (χ0) is 11.7. The summed E-state index contributed by atoms with van der Waals surface area (Å²) >= 11 is 0. The van der Waals surface area contributed by atoms with E-state index in [1.807, 2.05) is 0 Å². The van der Waals surface area contributed by atoms with Gasteiger partial charge < -0.3 is 4.90 Å². The smallest absolute Gasteiger partial charge is 0.0725 e. The van der Waals surface area contributed by atoms with Gasteiger partial charge in [-0.1, -0.05) is 38.7 Å². The van der Waals surface area contributed by atoms with Crippen molar-refractivity contribution in [3.63, 3.8) is 0 Å². The van der Waals surface area contributed by atoms with Gasteiger partial charge in [0.05, 0.1) is 8.07 Å². The maximum Gasteiger partial charge on any atom is 0.0725 e. The Hall–Kier alpha value is -0.0831. The summed E-state index contributed by atoms with van der Waals surface area (Å²) in [5.41, 5.74) is 2.46. The SMILES string of the molecule is CC=C[Si](C)(C)CCN(CCC)CCC. The largest absolute Gasteiger partial charge is 0.304 e. The van der Waals surface area contributed by atoms with Gasteiger partial charge in [0.2, 0.25) is 0 Å². The van der Waals surface area contributed by atoms with E-state index in [9.17, 15) is 0 Å². The molecular weight excluding hydrogens is 198 g/mol. The third kappa shape index (κ3) is 7.80. The standard InChI is InChI=1S/C13H29NSi/c1-6-9-14(10-7-2)11-13-15(4,5)12-8-3/h8,12H,6-7,9-11,13H2,1-5H3. The van der Waals surface area contributed by atoms with E-state index in [1.165, 1.54) is 38.5 Å². The summed E-state index contributed by atoms with van der Waals surface area (Å²) < 4.78 is 0. The Morgan fingerprint density at radius 2 is 1.53 bits per heavy atom. The highest BCUT2D eigenvalue weighted by Gasteiger charge is 2.17. The molecule has 0 aromatic carbocycles. The molecule has 2 heteroatoms. The summed E-state index contributed by atoms with van der Waals surface area (Å²) in [6.45, 7) is 15.5. The van der Waals surface area contributed by atoms with E-state index in [0.717, 1.165) is 0 Å². The Kier molecular flexibility index (Phi) is 8.07. The Bertz CT molecular complexity index is 169. The maximum atomic E-state index is 2.62. The summed E-state index contributed by atoms with van der Waals surface area (Å²) in [6.07, 6.45) is 4.80. The summed E-state index contributed by atoms with van der Waals surface area (Å²) in [7, 11) is -1.05. The van der Waals surface area contributed by atoms with Crippen LogP contribution in [0.25, 0.3) is 0 Å². The molecule has 0 spiro atoms. The van der Waals surface area contributed by atoms with E-state index < -0.39 is 8.07 Å². The third-order valence-electron chi connectivity index (χ3n) is 2.77. The molecular formula is C13H29NSi. The predicted octanol–water partition coefficient (Wildman–Crippen LogP) is 3.93. The fourth-order valence-electron chi connectivity index (χ4n) is 1.95. The molecule has 0 bridgehead atoms. The minimum absolute atomic E-state index is 1.05. The highest BCUT2D eigenvalue weighted by Crippen LogP contribution is 2.12. The quantitative estimate of drug-likeness (QED) is 0.568. The summed E-state index contributed by atoms with van der Waals surface area (Å²) in [4.78, 5) is 2.62. The van der Waals surface area contributed by atoms with Gasteiger partial charge in [-0.3, -0.25) is 0 Å². The van der Waals surface area contributed by atoms with Crippen molar-refractivity contribution in [2.45, 2.75) is 52.8 Å². The number of hydrogen-bond donors (Lipinski definition) is 0. The molecule has 0 unspecified atom stereocenters. The van der Waals surface area contributed by atoms with Crippen LogP contribution in [0.5, 0.6) is 0 Å². The van der Waals surface area contributed by atoms with Crippen LogP contribution in [0.3, 0.4) is 0 Å². The molecule has 0 heterocycles. The van der Waals surface area contributed by atoms with E-state index in [4.69, 9.17) is 0 Å². The van der Waals surface area contributed by atoms with E-state index in [2.05, 4.69) is 50.5 Å². The summed E-state index contributed by atoms with van der Waals surface area (Å²) in [6, 6.07) is 1.40. The average molecular weight is 227 g/mol. The van der Waals surface area contributed by atoms with Crippen LogP contribution in [-0.4, -0.2) is 32.6 Å². The topological polar surface area (TPSA) is 3.24 Å². The first-order chi connectivity index (χ1) is 7.05. The van der Waals surface area contributed by atoms with Crippen molar-refractivity contribution in [2.24, 2.45) is 0 Å². The van der Waals surface area contributed by atoms with Gasteiger partial charge in [-0.25, -0.2) is 0 Å². The summed E-state index contributed by atoms with van der Waals surface area (Å²) in [5, 5.41) is 0. The lowest BCUT2D eigenvalue weighted by molar-refractivity contribution is 0.288. The molecule has 0 aliphatic rings. The number of nitrogens with zero attached hydrogens (tertiary/aromatic N) is 1. The zero-order valence-electron chi connectivity index (χ0n) is 11.3. The van der Waals surface area contributed by atoms with Crippen LogP contribution in [0.1, 0.15) is 33.6 Å². The molecule has 0 amide bonds. The van der Waals surface area contributed by atoms with Crippen molar-refractivity contribution < 1.29 is 0 Å². The predicted molar refractivity (Wildman–Crippen MR) is 74.1 cm³/mol. The molecule has 0 aromatic heterocycles. The lowest BCUT2D eigenvalue weighted by Crippen LogP contribution is -2.33. The number of hydrogen-bond acceptors (Lipinski definition) is 1. The zero-order valence-corrected chi connectivity index (χ0v) is 12.3. The van der Waals surface area contributed by atoms with Gasteiger partial charge in [-0.05, 0) is 45.4 Å². The fraction of sp³-hybridized carbons (Fsp3) is 0.846. The molecule has 0 aliphatic heterocycles. The van der Waals surface area contributed by atoms with Gasteiger partial charge >= 0.3 is 0 Å². The van der Waals surface area contributed by atoms with Gasteiger partial charge in [0.25, 0.3) is 0 Å². The Balaban J connectivity index is 3.96. The molecule has 1 nitrogen and oxygen atoms in total. The van der Waals surface area contributed by atoms with E-state index >= 15 is 0 Å². The Morgan fingerprint density at radius 3 is 1.93 bits per heavy atom. The third-order valence-corrected chi connectivity index (χ3v) is 5.52. The lowest BCUT2D eigenvalue weighted by atomic mass is 10.3. The first-order valence-electron chi connectivity index (χ1n) is 6.42. The van der Waals surface area contributed by atoms with E-state index in [1.54, 1.807) is 0 Å². The van der Waals surface area contributed by atoms with Gasteiger partial charge in [0.1, 0.15) is 0 Å². The van der Waals surface area contributed by atoms with Gasteiger partial charge in [-0.2, -0.15) is 0 Å². The average Bonchev–Trinajstić information content (AvgIpc) is 2.15. The van der Waals surface area contributed by atoms with Crippen LogP contribution in [-0.2, 0) is 0 Å². The van der Waals surface area contributed by atoms with Crippen molar-refractivity contribution >= 4 is 8.07 Å². The first-order valence-corrected chi connectivity index (χ1v) is 9.70. The minimum Gasteiger partial charge on any atom is -0.304 e. The van der Waals surface area contributed by atoms with E-state index in [0.29, 0.717) is 0 Å². The molecule has 0 saturated carbocycles. The van der Waals surface area contributed by atoms with Crippen LogP contribution in [0.15, 0.2) is 11.8 Å². The van der Waals surface area contributed by atoms with Crippen LogP contribution in [0.2, 0.25) is 19.1 Å². The maximum absolute atomic E-state index is 2.62. The second-order valence-corrected chi connectivity index (χ2v) is 9.89. The molecule has 0 aliphatic carbocycles. The van der Waals surface area contributed by atoms with Crippen LogP contribution < -0.4 is 0 Å². The van der Waals surface area contributed by atoms with Gasteiger partial charge in [-0.15, -0.1) is 0 Å². The second-order valence-electron chi connectivity index (χ2n) is 5.08. The Morgan fingerprint density at radius 1 is 1.00 bits per heavy atom. The highest BCUT2D eigenvalue weighted by molar-refractivity contribution is 6.82. The van der Waals surface area contributed by atoms with Crippen LogP contribution in [0, 0.1) is 0 Å². The van der Waals surface area contributed by atoms with Crippen LogP contribution >= 0.6 is 0 Å². The van der Waals surface area contributed by atoms with Gasteiger partial charge in [0, 0.05) is 0 Å². The van der Waals surface area contributed by atoms with Gasteiger partial charge in [0.15, 0.2) is 0 Å². The molecule has 90 valence electrons. The minimum atomic E-state index is -1.05. The lowest BCUT2D eigenvalue weighted by Gasteiger charge is -2.25. The molecule has 0 rings (SSSR count). The normalized spacial score (nSPS) is 12.9. The highest BCUT2D eigenvalue weighted by atomic mass is 28.3. The number of rotatable bonds is 8. The Labute approximate surface area is 97.6 Å². The molecule has 0 aromatic rings. The number of allylic oxidation sites excluding steroid dienone is 1. The van der Waals surface area contributed by atoms with Crippen molar-refractivity contribution in [1.82, 2.24) is 4.90 Å². The van der Waals surface area contributed by atoms with E-state index in [-0.39, 0.29) is 0 Å². The molecule has 0 N–H and O–H groups in total. The monoisotopic (exact) mass is 227 g/mol. The summed E-state index contributed by atoms with van der Waals surface area (Å²) in [5.74, 6) is 0. The van der Waals surface area contributed by atoms with Crippen molar-refractivity contribution in [1.29, 1.82) is 0 Å². The van der Waals surface area contributed by atoms with Crippen molar-refractivity contribution in [3.05, 3.63) is 11.8 Å². The van der Waals surface area contributed by atoms with Crippen molar-refractivity contribution in [3.8, 4) is 0 Å². The van der Waals surface area contributed by atoms with Crippen molar-refractivity contribution in [2.75, 3.05) is 19.6 Å². The second kappa shape index (κ2) is 8.11. The molecule has 0 fully saturated rings. The fourth-order valence-corrected chi connectivity index (χ4v) is 3.91. The molecule has 0 radical (unpaired) electrons. The molecule has 0 atom stereocenters.